The molecule has 0 saturated heterocycles. The van der Waals surface area contributed by atoms with Crippen molar-refractivity contribution in [3.8, 4) is 11.1 Å². The van der Waals surface area contributed by atoms with Crippen LogP contribution in [-0.4, -0.2) is 5.16 Å². The van der Waals surface area contributed by atoms with Crippen LogP contribution < -0.4 is 5.73 Å². The number of halogens is 1. The van der Waals surface area contributed by atoms with Gasteiger partial charge < -0.3 is 10.3 Å². The highest BCUT2D eigenvalue weighted by atomic mass is 19.1. The fraction of sp³-hybridized carbons (Fsp3) is 0.118. The van der Waals surface area contributed by atoms with E-state index in [1.165, 1.54) is 6.07 Å². The highest BCUT2D eigenvalue weighted by Crippen LogP contribution is 2.28. The van der Waals surface area contributed by atoms with E-state index in [4.69, 9.17) is 10.3 Å². The van der Waals surface area contributed by atoms with Gasteiger partial charge in [0.25, 0.3) is 0 Å². The van der Waals surface area contributed by atoms with Crippen LogP contribution in [0.5, 0.6) is 0 Å². The fourth-order valence-corrected chi connectivity index (χ4v) is 2.33. The van der Waals surface area contributed by atoms with Crippen LogP contribution in [0, 0.1) is 5.82 Å². The average Bonchev–Trinajstić information content (AvgIpc) is 2.94. The van der Waals surface area contributed by atoms with E-state index in [0.717, 1.165) is 16.8 Å². The van der Waals surface area contributed by atoms with Crippen LogP contribution in [0.15, 0.2) is 59.1 Å². The molecule has 1 unspecified atom stereocenters. The molecule has 2 aromatic carbocycles. The van der Waals surface area contributed by atoms with Gasteiger partial charge in [0.15, 0.2) is 0 Å². The Morgan fingerprint density at radius 2 is 1.81 bits per heavy atom. The molecule has 0 bridgehead atoms. The number of anilines is 1. The van der Waals surface area contributed by atoms with E-state index < -0.39 is 0 Å². The van der Waals surface area contributed by atoms with E-state index in [2.05, 4.69) is 5.16 Å². The summed E-state index contributed by atoms with van der Waals surface area (Å²) in [5.41, 5.74) is 8.85. The molecular formula is C17H15FN2O. The molecule has 1 atom stereocenters. The van der Waals surface area contributed by atoms with Crippen molar-refractivity contribution >= 4 is 5.88 Å². The second-order valence-electron chi connectivity index (χ2n) is 4.98. The van der Waals surface area contributed by atoms with Gasteiger partial charge >= 0.3 is 0 Å². The Labute approximate surface area is 122 Å². The van der Waals surface area contributed by atoms with Crippen molar-refractivity contribution in [1.82, 2.24) is 5.16 Å². The van der Waals surface area contributed by atoms with Crippen LogP contribution >= 0.6 is 0 Å². The highest BCUT2D eigenvalue weighted by Gasteiger charge is 2.13. The van der Waals surface area contributed by atoms with Crippen molar-refractivity contribution in [3.05, 3.63) is 71.7 Å². The van der Waals surface area contributed by atoms with Gasteiger partial charge in [-0.25, -0.2) is 4.39 Å². The van der Waals surface area contributed by atoms with Gasteiger partial charge in [0.05, 0.1) is 5.69 Å². The lowest BCUT2D eigenvalue weighted by Crippen LogP contribution is -1.96. The maximum atomic E-state index is 13.8. The van der Waals surface area contributed by atoms with E-state index in [1.54, 1.807) is 18.2 Å². The molecule has 4 heteroatoms. The smallest absolute Gasteiger partial charge is 0.222 e. The van der Waals surface area contributed by atoms with E-state index >= 15 is 0 Å². The molecule has 1 heterocycles. The summed E-state index contributed by atoms with van der Waals surface area (Å²) in [5.74, 6) is 0.156. The molecule has 0 aliphatic rings. The Morgan fingerprint density at radius 3 is 2.43 bits per heavy atom. The molecule has 0 aliphatic carbocycles. The number of hydrogen-bond acceptors (Lipinski definition) is 3. The number of nitrogens with zero attached hydrogens (tertiary/aromatic N) is 1. The average molecular weight is 282 g/mol. The summed E-state index contributed by atoms with van der Waals surface area (Å²) < 4.78 is 18.7. The number of rotatable bonds is 3. The molecule has 0 spiro atoms. The van der Waals surface area contributed by atoms with Crippen molar-refractivity contribution in [2.75, 3.05) is 5.73 Å². The summed E-state index contributed by atoms with van der Waals surface area (Å²) in [6.45, 7) is 2.02. The van der Waals surface area contributed by atoms with E-state index in [0.29, 0.717) is 11.4 Å². The molecule has 3 nitrogen and oxygen atoms in total. The Morgan fingerprint density at radius 1 is 1.10 bits per heavy atom. The maximum Gasteiger partial charge on any atom is 0.222 e. The first kappa shape index (κ1) is 13.4. The summed E-state index contributed by atoms with van der Waals surface area (Å²) in [4.78, 5) is 0. The fourth-order valence-electron chi connectivity index (χ4n) is 2.33. The topological polar surface area (TPSA) is 52.0 Å². The van der Waals surface area contributed by atoms with Gasteiger partial charge in [0.2, 0.25) is 5.88 Å². The van der Waals surface area contributed by atoms with Crippen molar-refractivity contribution in [2.45, 2.75) is 12.8 Å². The zero-order valence-electron chi connectivity index (χ0n) is 11.6. The van der Waals surface area contributed by atoms with Crippen molar-refractivity contribution in [1.29, 1.82) is 0 Å². The van der Waals surface area contributed by atoms with Gasteiger partial charge in [0.1, 0.15) is 5.82 Å². The van der Waals surface area contributed by atoms with Gasteiger partial charge in [-0.2, -0.15) is 0 Å². The molecule has 2 N–H and O–H groups in total. The molecule has 21 heavy (non-hydrogen) atoms. The third-order valence-electron chi connectivity index (χ3n) is 3.59. The standard InChI is InChI=1S/C17H15FN2O/c1-11(16-10-17(19)21-20-16)12-6-8-13(9-7-12)14-4-2-3-5-15(14)18/h2-11H,19H2,1H3. The molecule has 0 fully saturated rings. The van der Waals surface area contributed by atoms with Gasteiger partial charge in [-0.05, 0) is 17.2 Å². The minimum atomic E-state index is -0.220. The number of hydrogen-bond donors (Lipinski definition) is 1. The quantitative estimate of drug-likeness (QED) is 0.782. The van der Waals surface area contributed by atoms with Gasteiger partial charge in [0, 0.05) is 17.5 Å². The maximum absolute atomic E-state index is 13.8. The predicted molar refractivity (Wildman–Crippen MR) is 80.3 cm³/mol. The Bertz CT molecular complexity index is 749. The number of nitrogen functional groups attached to an aromatic ring is 1. The van der Waals surface area contributed by atoms with Gasteiger partial charge in [-0.15, -0.1) is 0 Å². The van der Waals surface area contributed by atoms with Crippen molar-refractivity contribution < 1.29 is 8.91 Å². The minimum absolute atomic E-state index is 0.0701. The first-order valence-electron chi connectivity index (χ1n) is 6.72. The molecule has 0 amide bonds. The molecule has 3 aromatic rings. The Hall–Kier alpha value is -2.62. The summed E-state index contributed by atoms with van der Waals surface area (Å²) in [5, 5.41) is 3.93. The second kappa shape index (κ2) is 5.40. The minimum Gasteiger partial charge on any atom is -0.368 e. The zero-order chi connectivity index (χ0) is 14.8. The van der Waals surface area contributed by atoms with Gasteiger partial charge in [-0.3, -0.25) is 0 Å². The summed E-state index contributed by atoms with van der Waals surface area (Å²) in [6.07, 6.45) is 0. The Balaban J connectivity index is 1.89. The SMILES string of the molecule is CC(c1ccc(-c2ccccc2F)cc1)c1cc(N)on1. The lowest BCUT2D eigenvalue weighted by molar-refractivity contribution is 0.425. The lowest BCUT2D eigenvalue weighted by atomic mass is 9.95. The van der Waals surface area contributed by atoms with Crippen molar-refractivity contribution in [2.24, 2.45) is 0 Å². The number of benzene rings is 2. The normalized spacial score (nSPS) is 12.3. The first-order valence-corrected chi connectivity index (χ1v) is 6.72. The summed E-state index contributed by atoms with van der Waals surface area (Å²) >= 11 is 0. The van der Waals surface area contributed by atoms with Gasteiger partial charge in [-0.1, -0.05) is 54.5 Å². The van der Waals surface area contributed by atoms with Crippen LogP contribution in [0.3, 0.4) is 0 Å². The predicted octanol–water partition coefficient (Wildman–Crippen LogP) is 4.21. The van der Waals surface area contributed by atoms with E-state index in [-0.39, 0.29) is 11.7 Å². The van der Waals surface area contributed by atoms with Crippen molar-refractivity contribution in [3.63, 3.8) is 0 Å². The molecule has 0 saturated carbocycles. The summed E-state index contributed by atoms with van der Waals surface area (Å²) in [7, 11) is 0. The Kier molecular flexibility index (Phi) is 3.44. The second-order valence-corrected chi connectivity index (χ2v) is 4.98. The van der Waals surface area contributed by atoms with Crippen LogP contribution in [0.2, 0.25) is 0 Å². The molecule has 3 rings (SSSR count). The summed E-state index contributed by atoms with van der Waals surface area (Å²) in [6, 6.07) is 16.2. The van der Waals surface area contributed by atoms with E-state index in [1.807, 2.05) is 37.3 Å². The molecule has 1 aromatic heterocycles. The number of aromatic nitrogens is 1. The third kappa shape index (κ3) is 2.65. The van der Waals surface area contributed by atoms with Crippen LogP contribution in [0.4, 0.5) is 10.3 Å². The largest absolute Gasteiger partial charge is 0.368 e. The zero-order valence-corrected chi connectivity index (χ0v) is 11.6. The molecule has 0 radical (unpaired) electrons. The molecular weight excluding hydrogens is 267 g/mol. The molecule has 106 valence electrons. The third-order valence-corrected chi connectivity index (χ3v) is 3.59. The monoisotopic (exact) mass is 282 g/mol. The molecule has 0 aliphatic heterocycles. The van der Waals surface area contributed by atoms with Crippen LogP contribution in [-0.2, 0) is 0 Å². The lowest BCUT2D eigenvalue weighted by Gasteiger charge is -2.10. The highest BCUT2D eigenvalue weighted by molar-refractivity contribution is 5.64. The van der Waals surface area contributed by atoms with Crippen LogP contribution in [0.1, 0.15) is 24.1 Å². The van der Waals surface area contributed by atoms with E-state index in [9.17, 15) is 4.39 Å². The first-order chi connectivity index (χ1) is 10.1. The number of nitrogens with two attached hydrogens (primary N) is 1. The van der Waals surface area contributed by atoms with Crippen LogP contribution in [0.25, 0.3) is 11.1 Å².